The lowest BCUT2D eigenvalue weighted by Gasteiger charge is -2.14. The summed E-state index contributed by atoms with van der Waals surface area (Å²) >= 11 is 0. The fourth-order valence-electron chi connectivity index (χ4n) is 2.00. The van der Waals surface area contributed by atoms with Crippen molar-refractivity contribution in [2.45, 2.75) is 26.1 Å². The van der Waals surface area contributed by atoms with Crippen molar-refractivity contribution in [3.63, 3.8) is 0 Å². The van der Waals surface area contributed by atoms with Gasteiger partial charge in [0.1, 0.15) is 11.5 Å². The van der Waals surface area contributed by atoms with Crippen molar-refractivity contribution < 1.29 is 17.6 Å². The smallest absolute Gasteiger partial charge is 0.310 e. The normalized spacial score (nSPS) is 13.4. The molecule has 7 heteroatoms. The van der Waals surface area contributed by atoms with Gasteiger partial charge in [-0.15, -0.1) is 0 Å². The minimum absolute atomic E-state index is 0.0158. The molecule has 0 saturated heterocycles. The lowest BCUT2D eigenvalue weighted by Crippen LogP contribution is -2.18. The van der Waals surface area contributed by atoms with Gasteiger partial charge in [0.15, 0.2) is 0 Å². The Hall–Kier alpha value is -1.89. The van der Waals surface area contributed by atoms with Gasteiger partial charge in [-0.3, -0.25) is 0 Å². The highest BCUT2D eigenvalue weighted by Gasteiger charge is 2.32. The number of halogens is 4. The van der Waals surface area contributed by atoms with Crippen LogP contribution in [-0.4, -0.2) is 16.3 Å². The fraction of sp³-hybridized carbons (Fsp3) is 0.357. The molecule has 114 valence electrons. The largest absolute Gasteiger partial charge is 0.419 e. The summed E-state index contributed by atoms with van der Waals surface area (Å²) in [4.78, 5) is 0. The van der Waals surface area contributed by atoms with Gasteiger partial charge in [0.2, 0.25) is 0 Å². The van der Waals surface area contributed by atoms with E-state index < -0.39 is 17.6 Å². The van der Waals surface area contributed by atoms with Crippen molar-refractivity contribution in [2.75, 3.05) is 6.54 Å². The summed E-state index contributed by atoms with van der Waals surface area (Å²) in [6.07, 6.45) is -3.05. The van der Waals surface area contributed by atoms with E-state index in [1.165, 1.54) is 12.1 Å². The Kier molecular flexibility index (Phi) is 4.32. The predicted octanol–water partition coefficient (Wildman–Crippen LogP) is 3.70. The van der Waals surface area contributed by atoms with E-state index in [9.17, 15) is 17.6 Å². The number of nitrogens with one attached hydrogen (secondary N) is 1. The van der Waals surface area contributed by atoms with Crippen LogP contribution < -0.4 is 5.32 Å². The summed E-state index contributed by atoms with van der Waals surface area (Å²) in [5.41, 5.74) is -0.203. The highest BCUT2D eigenvalue weighted by atomic mass is 19.4. The van der Waals surface area contributed by atoms with Gasteiger partial charge in [0, 0.05) is 12.2 Å². The molecule has 0 aliphatic rings. The summed E-state index contributed by atoms with van der Waals surface area (Å²) < 4.78 is 52.5. The minimum Gasteiger partial charge on any atom is -0.310 e. The molecule has 0 aliphatic carbocycles. The van der Waals surface area contributed by atoms with Crippen LogP contribution in [-0.2, 0) is 6.18 Å². The molecule has 1 atom stereocenters. The first-order valence-electron chi connectivity index (χ1n) is 6.48. The number of rotatable bonds is 4. The molecule has 2 aromatic rings. The van der Waals surface area contributed by atoms with E-state index in [0.29, 0.717) is 6.20 Å². The average molecular weight is 301 g/mol. The molecule has 0 bridgehead atoms. The molecular formula is C14H15F4N3. The zero-order chi connectivity index (χ0) is 15.6. The molecule has 0 saturated carbocycles. The molecule has 1 heterocycles. The van der Waals surface area contributed by atoms with Crippen LogP contribution in [0.1, 0.15) is 31.0 Å². The van der Waals surface area contributed by atoms with Crippen LogP contribution >= 0.6 is 0 Å². The van der Waals surface area contributed by atoms with Crippen LogP contribution in [0.15, 0.2) is 30.6 Å². The third-order valence-corrected chi connectivity index (χ3v) is 3.14. The van der Waals surface area contributed by atoms with Crippen molar-refractivity contribution in [1.29, 1.82) is 0 Å². The van der Waals surface area contributed by atoms with Gasteiger partial charge in [0.05, 0.1) is 11.8 Å². The monoisotopic (exact) mass is 301 g/mol. The average Bonchev–Trinajstić information content (AvgIpc) is 2.88. The van der Waals surface area contributed by atoms with Crippen LogP contribution in [0.3, 0.4) is 0 Å². The Morgan fingerprint density at radius 1 is 1.33 bits per heavy atom. The number of benzene rings is 1. The molecule has 3 nitrogen and oxygen atoms in total. The molecule has 1 aromatic heterocycles. The second-order valence-electron chi connectivity index (χ2n) is 4.66. The van der Waals surface area contributed by atoms with Gasteiger partial charge in [0.25, 0.3) is 0 Å². The predicted molar refractivity (Wildman–Crippen MR) is 70.6 cm³/mol. The van der Waals surface area contributed by atoms with E-state index in [1.54, 1.807) is 6.07 Å². The van der Waals surface area contributed by atoms with Crippen LogP contribution in [0.25, 0.3) is 5.69 Å². The summed E-state index contributed by atoms with van der Waals surface area (Å²) in [5, 5.41) is 6.70. The zero-order valence-electron chi connectivity index (χ0n) is 11.6. The number of aromatic nitrogens is 2. The van der Waals surface area contributed by atoms with Gasteiger partial charge in [-0.05, 0) is 31.2 Å². The van der Waals surface area contributed by atoms with Crippen molar-refractivity contribution in [2.24, 2.45) is 0 Å². The van der Waals surface area contributed by atoms with Gasteiger partial charge in [-0.25, -0.2) is 9.07 Å². The molecular weight excluding hydrogens is 286 g/mol. The molecule has 2 rings (SSSR count). The van der Waals surface area contributed by atoms with Crippen LogP contribution in [0.2, 0.25) is 0 Å². The summed E-state index contributed by atoms with van der Waals surface area (Å²) in [6, 6.07) is 4.35. The van der Waals surface area contributed by atoms with E-state index in [1.807, 2.05) is 13.8 Å². The SMILES string of the molecule is CCNC(C)c1ccc(-n2cc(C(F)(F)F)cn2)c(F)c1. The second-order valence-corrected chi connectivity index (χ2v) is 4.66. The molecule has 0 aliphatic heterocycles. The first kappa shape index (κ1) is 15.5. The molecule has 0 amide bonds. The lowest BCUT2D eigenvalue weighted by atomic mass is 10.1. The van der Waals surface area contributed by atoms with Gasteiger partial charge < -0.3 is 5.32 Å². The number of alkyl halides is 3. The van der Waals surface area contributed by atoms with E-state index in [0.717, 1.165) is 23.0 Å². The number of hydrogen-bond donors (Lipinski definition) is 1. The molecule has 1 N–H and O–H groups in total. The minimum atomic E-state index is -4.49. The number of hydrogen-bond acceptors (Lipinski definition) is 2. The third-order valence-electron chi connectivity index (χ3n) is 3.14. The van der Waals surface area contributed by atoms with Crippen molar-refractivity contribution >= 4 is 0 Å². The van der Waals surface area contributed by atoms with E-state index >= 15 is 0 Å². The first-order chi connectivity index (χ1) is 9.82. The second kappa shape index (κ2) is 5.85. The zero-order valence-corrected chi connectivity index (χ0v) is 11.6. The van der Waals surface area contributed by atoms with Crippen molar-refractivity contribution in [3.8, 4) is 5.69 Å². The maximum Gasteiger partial charge on any atom is 0.419 e. The van der Waals surface area contributed by atoms with E-state index in [-0.39, 0.29) is 11.7 Å². The van der Waals surface area contributed by atoms with Crippen molar-refractivity contribution in [1.82, 2.24) is 15.1 Å². The topological polar surface area (TPSA) is 29.9 Å². The number of nitrogens with zero attached hydrogens (tertiary/aromatic N) is 2. The fourth-order valence-corrected chi connectivity index (χ4v) is 2.00. The van der Waals surface area contributed by atoms with Gasteiger partial charge in [-0.1, -0.05) is 13.0 Å². The molecule has 0 radical (unpaired) electrons. The summed E-state index contributed by atoms with van der Waals surface area (Å²) in [5.74, 6) is -0.617. The maximum atomic E-state index is 14.1. The maximum absolute atomic E-state index is 14.1. The molecule has 1 unspecified atom stereocenters. The van der Waals surface area contributed by atoms with E-state index in [4.69, 9.17) is 0 Å². The Balaban J connectivity index is 2.31. The van der Waals surface area contributed by atoms with Crippen LogP contribution in [0.4, 0.5) is 17.6 Å². The van der Waals surface area contributed by atoms with E-state index in [2.05, 4.69) is 10.4 Å². The Bertz CT molecular complexity index is 619. The molecule has 21 heavy (non-hydrogen) atoms. The standard InChI is InChI=1S/C14H15F4N3/c1-3-19-9(2)10-4-5-13(12(15)6-10)21-8-11(7-20-21)14(16,17)18/h4-9,19H,3H2,1-2H3. The molecule has 0 spiro atoms. The van der Waals surface area contributed by atoms with Gasteiger partial charge >= 0.3 is 6.18 Å². The third kappa shape index (κ3) is 3.41. The highest BCUT2D eigenvalue weighted by molar-refractivity contribution is 5.37. The summed E-state index contributed by atoms with van der Waals surface area (Å²) in [7, 11) is 0. The quantitative estimate of drug-likeness (QED) is 0.873. The Morgan fingerprint density at radius 2 is 2.05 bits per heavy atom. The highest BCUT2D eigenvalue weighted by Crippen LogP contribution is 2.29. The lowest BCUT2D eigenvalue weighted by molar-refractivity contribution is -0.137. The van der Waals surface area contributed by atoms with Crippen LogP contribution in [0, 0.1) is 5.82 Å². The Morgan fingerprint density at radius 3 is 2.57 bits per heavy atom. The van der Waals surface area contributed by atoms with Crippen molar-refractivity contribution in [3.05, 3.63) is 47.5 Å². The Labute approximate surface area is 119 Å². The van der Waals surface area contributed by atoms with Crippen LogP contribution in [0.5, 0.6) is 0 Å². The summed E-state index contributed by atoms with van der Waals surface area (Å²) in [6.45, 7) is 4.55. The molecule has 0 fully saturated rings. The first-order valence-corrected chi connectivity index (χ1v) is 6.48. The van der Waals surface area contributed by atoms with Gasteiger partial charge in [-0.2, -0.15) is 18.3 Å². The molecule has 1 aromatic carbocycles.